The standard InChI is InChI=1S/C27H37N3O2/c31-26(29-18-9-7-15-22-11-3-1-4-12-22)24-17-20-28-21-25(24)27(32)30-19-10-8-16-23-13-5-2-6-14-23/h1-6,11-14,24-25,28H,7-10,15-21H2,(H,29,31)(H,30,32)/t24-,25+/m0/s1. The number of aryl methyl sites for hydroxylation is 2. The number of nitrogens with one attached hydrogen (secondary N) is 3. The Morgan fingerprint density at radius 3 is 1.75 bits per heavy atom. The Labute approximate surface area is 192 Å². The summed E-state index contributed by atoms with van der Waals surface area (Å²) in [6.45, 7) is 2.69. The van der Waals surface area contributed by atoms with E-state index in [4.69, 9.17) is 0 Å². The number of benzene rings is 2. The molecule has 0 radical (unpaired) electrons. The third-order valence-corrected chi connectivity index (χ3v) is 6.22. The van der Waals surface area contributed by atoms with Crippen LogP contribution in [-0.2, 0) is 22.4 Å². The van der Waals surface area contributed by atoms with Gasteiger partial charge >= 0.3 is 0 Å². The molecule has 3 N–H and O–H groups in total. The number of amides is 2. The fraction of sp³-hybridized carbons (Fsp3) is 0.481. The summed E-state index contributed by atoms with van der Waals surface area (Å²) >= 11 is 0. The molecule has 2 aromatic carbocycles. The van der Waals surface area contributed by atoms with Gasteiger partial charge in [-0.25, -0.2) is 0 Å². The van der Waals surface area contributed by atoms with E-state index in [1.54, 1.807) is 0 Å². The van der Waals surface area contributed by atoms with E-state index in [-0.39, 0.29) is 23.7 Å². The number of rotatable bonds is 12. The molecule has 0 aromatic heterocycles. The van der Waals surface area contributed by atoms with Crippen molar-refractivity contribution in [3.05, 3.63) is 71.8 Å². The van der Waals surface area contributed by atoms with E-state index in [9.17, 15) is 9.59 Å². The van der Waals surface area contributed by atoms with Gasteiger partial charge in [-0.3, -0.25) is 9.59 Å². The minimum atomic E-state index is -0.290. The lowest BCUT2D eigenvalue weighted by molar-refractivity contribution is -0.135. The van der Waals surface area contributed by atoms with Gasteiger partial charge in [0.25, 0.3) is 0 Å². The fourth-order valence-corrected chi connectivity index (χ4v) is 4.33. The van der Waals surface area contributed by atoms with Crippen LogP contribution in [-0.4, -0.2) is 38.0 Å². The molecule has 0 saturated carbocycles. The van der Waals surface area contributed by atoms with Gasteiger partial charge in [-0.1, -0.05) is 60.7 Å². The predicted molar refractivity (Wildman–Crippen MR) is 129 cm³/mol. The van der Waals surface area contributed by atoms with E-state index in [0.717, 1.165) is 45.1 Å². The number of hydrogen-bond donors (Lipinski definition) is 3. The molecule has 32 heavy (non-hydrogen) atoms. The van der Waals surface area contributed by atoms with Gasteiger partial charge in [0, 0.05) is 19.6 Å². The molecule has 2 amide bonds. The summed E-state index contributed by atoms with van der Waals surface area (Å²) in [7, 11) is 0. The summed E-state index contributed by atoms with van der Waals surface area (Å²) in [5.74, 6) is -0.506. The maximum absolute atomic E-state index is 12.8. The topological polar surface area (TPSA) is 70.2 Å². The minimum absolute atomic E-state index is 0.00105. The Kier molecular flexibility index (Phi) is 10.3. The van der Waals surface area contributed by atoms with E-state index >= 15 is 0 Å². The number of unbranched alkanes of at least 4 members (excludes halogenated alkanes) is 2. The summed E-state index contributed by atoms with van der Waals surface area (Å²) < 4.78 is 0. The quantitative estimate of drug-likeness (QED) is 0.447. The van der Waals surface area contributed by atoms with Crippen molar-refractivity contribution in [3.8, 4) is 0 Å². The molecule has 1 aliphatic heterocycles. The number of hydrogen-bond acceptors (Lipinski definition) is 3. The Balaban J connectivity index is 1.33. The Morgan fingerprint density at radius 1 is 0.719 bits per heavy atom. The number of piperidine rings is 1. The van der Waals surface area contributed by atoms with Gasteiger partial charge < -0.3 is 16.0 Å². The molecule has 2 atom stereocenters. The highest BCUT2D eigenvalue weighted by Crippen LogP contribution is 2.20. The second-order valence-corrected chi connectivity index (χ2v) is 8.67. The van der Waals surface area contributed by atoms with Crippen LogP contribution in [0.3, 0.4) is 0 Å². The van der Waals surface area contributed by atoms with E-state index in [2.05, 4.69) is 64.5 Å². The van der Waals surface area contributed by atoms with Crippen molar-refractivity contribution in [3.63, 3.8) is 0 Å². The highest BCUT2D eigenvalue weighted by atomic mass is 16.2. The highest BCUT2D eigenvalue weighted by molar-refractivity contribution is 5.88. The molecule has 2 aromatic rings. The maximum Gasteiger partial charge on any atom is 0.225 e. The molecular formula is C27H37N3O2. The third kappa shape index (κ3) is 8.12. The molecule has 5 heteroatoms. The molecule has 1 fully saturated rings. The van der Waals surface area contributed by atoms with Gasteiger partial charge in [0.1, 0.15) is 0 Å². The molecule has 172 valence electrons. The first-order valence-corrected chi connectivity index (χ1v) is 12.1. The van der Waals surface area contributed by atoms with E-state index in [0.29, 0.717) is 26.1 Å². The lowest BCUT2D eigenvalue weighted by atomic mass is 9.85. The van der Waals surface area contributed by atoms with Crippen molar-refractivity contribution in [1.29, 1.82) is 0 Å². The normalized spacial score (nSPS) is 18.1. The summed E-state index contributed by atoms with van der Waals surface area (Å²) in [5.41, 5.74) is 2.66. The first-order chi connectivity index (χ1) is 15.7. The van der Waals surface area contributed by atoms with Crippen LogP contribution in [0.25, 0.3) is 0 Å². The first kappa shape index (κ1) is 24.0. The third-order valence-electron chi connectivity index (χ3n) is 6.22. The summed E-state index contributed by atoms with van der Waals surface area (Å²) in [4.78, 5) is 25.5. The zero-order valence-corrected chi connectivity index (χ0v) is 19.0. The van der Waals surface area contributed by atoms with Gasteiger partial charge in [0.2, 0.25) is 11.8 Å². The molecule has 1 aliphatic rings. The second kappa shape index (κ2) is 13.7. The van der Waals surface area contributed by atoms with Crippen molar-refractivity contribution in [1.82, 2.24) is 16.0 Å². The van der Waals surface area contributed by atoms with Crippen LogP contribution >= 0.6 is 0 Å². The minimum Gasteiger partial charge on any atom is -0.356 e. The lowest BCUT2D eigenvalue weighted by Gasteiger charge is -2.30. The van der Waals surface area contributed by atoms with Gasteiger partial charge in [-0.2, -0.15) is 0 Å². The zero-order chi connectivity index (χ0) is 22.4. The largest absolute Gasteiger partial charge is 0.356 e. The van der Waals surface area contributed by atoms with E-state index in [1.807, 2.05) is 12.1 Å². The number of carbonyl (C=O) groups excluding carboxylic acids is 2. The van der Waals surface area contributed by atoms with Gasteiger partial charge in [0.15, 0.2) is 0 Å². The average Bonchev–Trinajstić information content (AvgIpc) is 2.84. The molecule has 0 bridgehead atoms. The molecule has 0 unspecified atom stereocenters. The molecule has 1 heterocycles. The number of carbonyl (C=O) groups is 2. The van der Waals surface area contributed by atoms with Crippen molar-refractivity contribution >= 4 is 11.8 Å². The Hall–Kier alpha value is -2.66. The molecule has 0 aliphatic carbocycles. The monoisotopic (exact) mass is 435 g/mol. The Morgan fingerprint density at radius 2 is 1.22 bits per heavy atom. The fourth-order valence-electron chi connectivity index (χ4n) is 4.33. The highest BCUT2D eigenvalue weighted by Gasteiger charge is 2.35. The van der Waals surface area contributed by atoms with Crippen molar-refractivity contribution in [2.75, 3.05) is 26.2 Å². The summed E-state index contributed by atoms with van der Waals surface area (Å²) in [6.07, 6.45) is 6.74. The van der Waals surface area contributed by atoms with Crippen LogP contribution in [0.1, 0.15) is 43.2 Å². The van der Waals surface area contributed by atoms with Gasteiger partial charge in [-0.05, 0) is 62.6 Å². The maximum atomic E-state index is 12.8. The second-order valence-electron chi connectivity index (χ2n) is 8.67. The predicted octanol–water partition coefficient (Wildman–Crippen LogP) is 3.49. The van der Waals surface area contributed by atoms with Crippen molar-refractivity contribution in [2.24, 2.45) is 11.8 Å². The molecule has 0 spiro atoms. The molecular weight excluding hydrogens is 398 g/mol. The zero-order valence-electron chi connectivity index (χ0n) is 19.0. The summed E-state index contributed by atoms with van der Waals surface area (Å²) in [5, 5.41) is 9.41. The van der Waals surface area contributed by atoms with Gasteiger partial charge in [-0.15, -0.1) is 0 Å². The lowest BCUT2D eigenvalue weighted by Crippen LogP contribution is -2.50. The van der Waals surface area contributed by atoms with Crippen LogP contribution in [0, 0.1) is 11.8 Å². The molecule has 3 rings (SSSR count). The van der Waals surface area contributed by atoms with Crippen LogP contribution in [0.2, 0.25) is 0 Å². The first-order valence-electron chi connectivity index (χ1n) is 12.1. The molecule has 1 saturated heterocycles. The molecule has 5 nitrogen and oxygen atoms in total. The van der Waals surface area contributed by atoms with Crippen LogP contribution in [0.4, 0.5) is 0 Å². The van der Waals surface area contributed by atoms with Crippen molar-refractivity contribution < 1.29 is 9.59 Å². The smallest absolute Gasteiger partial charge is 0.225 e. The van der Waals surface area contributed by atoms with Crippen molar-refractivity contribution in [2.45, 2.75) is 44.9 Å². The van der Waals surface area contributed by atoms with E-state index in [1.165, 1.54) is 11.1 Å². The average molecular weight is 436 g/mol. The van der Waals surface area contributed by atoms with Gasteiger partial charge in [0.05, 0.1) is 11.8 Å². The van der Waals surface area contributed by atoms with Crippen LogP contribution in [0.15, 0.2) is 60.7 Å². The van der Waals surface area contributed by atoms with E-state index < -0.39 is 0 Å². The van der Waals surface area contributed by atoms with Crippen LogP contribution < -0.4 is 16.0 Å². The Bertz CT molecular complexity index is 741. The van der Waals surface area contributed by atoms with Crippen LogP contribution in [0.5, 0.6) is 0 Å². The summed E-state index contributed by atoms with van der Waals surface area (Å²) in [6, 6.07) is 20.8. The SMILES string of the molecule is O=C(NCCCCc1ccccc1)[C@H]1CCNC[C@H]1C(=O)NCCCCc1ccccc1.